The molecular formula is C25H20Cl3N3O2. The van der Waals surface area contributed by atoms with E-state index in [1.807, 2.05) is 42.5 Å². The lowest BCUT2D eigenvalue weighted by molar-refractivity contribution is -0.128. The van der Waals surface area contributed by atoms with Crippen LogP contribution in [-0.2, 0) is 16.0 Å². The van der Waals surface area contributed by atoms with Gasteiger partial charge in [0.1, 0.15) is 0 Å². The predicted molar refractivity (Wildman–Crippen MR) is 134 cm³/mol. The minimum atomic E-state index is -1.06. The van der Waals surface area contributed by atoms with E-state index in [0.717, 1.165) is 16.7 Å². The Hall–Kier alpha value is -2.86. The first-order valence-corrected chi connectivity index (χ1v) is 11.4. The van der Waals surface area contributed by atoms with Gasteiger partial charge in [-0.2, -0.15) is 0 Å². The highest BCUT2D eigenvalue weighted by Crippen LogP contribution is 2.33. The first-order valence-electron chi connectivity index (χ1n) is 10.3. The third-order valence-electron chi connectivity index (χ3n) is 5.35. The van der Waals surface area contributed by atoms with Crippen molar-refractivity contribution in [2.75, 3.05) is 5.32 Å². The van der Waals surface area contributed by atoms with Gasteiger partial charge in [-0.1, -0.05) is 78.1 Å². The zero-order valence-electron chi connectivity index (χ0n) is 17.6. The Morgan fingerprint density at radius 1 is 1.03 bits per heavy atom. The van der Waals surface area contributed by atoms with Crippen molar-refractivity contribution in [2.24, 2.45) is 10.9 Å². The van der Waals surface area contributed by atoms with Crippen LogP contribution in [0.2, 0.25) is 15.1 Å². The van der Waals surface area contributed by atoms with Crippen LogP contribution in [0.5, 0.6) is 0 Å². The van der Waals surface area contributed by atoms with Gasteiger partial charge in [-0.15, -0.1) is 0 Å². The molecule has 0 saturated carbocycles. The van der Waals surface area contributed by atoms with Gasteiger partial charge in [-0.05, 0) is 41.8 Å². The number of benzene rings is 3. The summed E-state index contributed by atoms with van der Waals surface area (Å²) in [6, 6.07) is 18.5. The molecule has 0 radical (unpaired) electrons. The van der Waals surface area contributed by atoms with Gasteiger partial charge in [0.25, 0.3) is 5.91 Å². The monoisotopic (exact) mass is 499 g/mol. The Morgan fingerprint density at radius 3 is 2.52 bits per heavy atom. The maximum atomic E-state index is 12.8. The zero-order valence-corrected chi connectivity index (χ0v) is 19.9. The van der Waals surface area contributed by atoms with Crippen molar-refractivity contribution in [1.82, 2.24) is 5.32 Å². The van der Waals surface area contributed by atoms with Crippen molar-refractivity contribution in [2.45, 2.75) is 19.5 Å². The molecule has 5 nitrogen and oxygen atoms in total. The minimum Gasteiger partial charge on any atom is -0.326 e. The Balaban J connectivity index is 1.47. The van der Waals surface area contributed by atoms with Crippen molar-refractivity contribution in [1.29, 1.82) is 0 Å². The molecule has 2 N–H and O–H groups in total. The Bertz CT molecular complexity index is 1250. The Kier molecular flexibility index (Phi) is 7.03. The second kappa shape index (κ2) is 9.96. The van der Waals surface area contributed by atoms with Crippen LogP contribution in [-0.4, -0.2) is 24.2 Å². The molecule has 4 rings (SSSR count). The van der Waals surface area contributed by atoms with E-state index < -0.39 is 18.0 Å². The number of nitrogens with one attached hydrogen (secondary N) is 2. The lowest BCUT2D eigenvalue weighted by Gasteiger charge is -2.17. The summed E-state index contributed by atoms with van der Waals surface area (Å²) in [5.41, 5.74) is 3.83. The number of nitrogens with zero attached hydrogens (tertiary/aromatic N) is 1. The molecule has 1 aliphatic heterocycles. The minimum absolute atomic E-state index is 0.299. The van der Waals surface area contributed by atoms with Crippen LogP contribution in [0.15, 0.2) is 65.7 Å². The van der Waals surface area contributed by atoms with Crippen LogP contribution in [0.1, 0.15) is 18.1 Å². The number of benzodiazepines with no additional fused rings is 1. The molecule has 3 aromatic carbocycles. The number of amides is 2. The van der Waals surface area contributed by atoms with E-state index in [0.29, 0.717) is 32.7 Å². The van der Waals surface area contributed by atoms with Crippen molar-refractivity contribution in [3.05, 3.63) is 86.9 Å². The lowest BCUT2D eigenvalue weighted by Crippen LogP contribution is -2.44. The Morgan fingerprint density at radius 2 is 1.79 bits per heavy atom. The number of aliphatic imine (C=N–C) groups is 1. The van der Waals surface area contributed by atoms with Gasteiger partial charge in [0.15, 0.2) is 0 Å². The van der Waals surface area contributed by atoms with E-state index in [2.05, 4.69) is 15.6 Å². The third kappa shape index (κ3) is 5.38. The fraction of sp³-hybridized carbons (Fsp3) is 0.160. The van der Waals surface area contributed by atoms with Crippen molar-refractivity contribution < 1.29 is 9.59 Å². The van der Waals surface area contributed by atoms with E-state index in [-0.39, 0.29) is 5.91 Å². The van der Waals surface area contributed by atoms with Crippen LogP contribution in [0, 0.1) is 5.92 Å². The average molecular weight is 501 g/mol. The second-order valence-electron chi connectivity index (χ2n) is 7.82. The van der Waals surface area contributed by atoms with E-state index in [1.54, 1.807) is 31.3 Å². The van der Waals surface area contributed by atoms with Crippen molar-refractivity contribution in [3.8, 4) is 11.1 Å². The van der Waals surface area contributed by atoms with E-state index in [9.17, 15) is 9.59 Å². The van der Waals surface area contributed by atoms with Crippen LogP contribution in [0.3, 0.4) is 0 Å². The van der Waals surface area contributed by atoms with Crippen molar-refractivity contribution in [3.63, 3.8) is 0 Å². The molecule has 3 aromatic rings. The summed E-state index contributed by atoms with van der Waals surface area (Å²) in [6.07, 6.45) is 0.930. The quantitative estimate of drug-likeness (QED) is 0.451. The summed E-state index contributed by atoms with van der Waals surface area (Å²) >= 11 is 18.5. The number of carbonyl (C=O) groups excluding carboxylic acids is 2. The first kappa shape index (κ1) is 23.3. The molecule has 0 aliphatic carbocycles. The fourth-order valence-corrected chi connectivity index (χ4v) is 4.16. The third-order valence-corrected chi connectivity index (χ3v) is 6.40. The highest BCUT2D eigenvalue weighted by molar-refractivity contribution is 6.42. The van der Waals surface area contributed by atoms with Gasteiger partial charge < -0.3 is 10.6 Å². The molecule has 0 bridgehead atoms. The highest BCUT2D eigenvalue weighted by atomic mass is 35.5. The van der Waals surface area contributed by atoms with Crippen molar-refractivity contribution >= 4 is 58.5 Å². The van der Waals surface area contributed by atoms with E-state index >= 15 is 0 Å². The molecule has 0 aromatic heterocycles. The van der Waals surface area contributed by atoms with Crippen LogP contribution in [0.25, 0.3) is 11.1 Å². The number of rotatable bonds is 5. The largest absolute Gasteiger partial charge is 0.326 e. The molecule has 168 valence electrons. The number of halogens is 3. The molecule has 8 heteroatoms. The second-order valence-corrected chi connectivity index (χ2v) is 9.04. The fourth-order valence-electron chi connectivity index (χ4n) is 3.56. The van der Waals surface area contributed by atoms with E-state index in [4.69, 9.17) is 34.8 Å². The van der Waals surface area contributed by atoms with Crippen LogP contribution >= 0.6 is 34.8 Å². The molecule has 33 heavy (non-hydrogen) atoms. The summed E-state index contributed by atoms with van der Waals surface area (Å²) in [6.45, 7) is 1.77. The molecule has 1 heterocycles. The normalized spacial score (nSPS) is 15.9. The molecular weight excluding hydrogens is 481 g/mol. The summed E-state index contributed by atoms with van der Waals surface area (Å²) in [4.78, 5) is 29.8. The smallest absolute Gasteiger partial charge is 0.269 e. The molecule has 1 unspecified atom stereocenters. The number of carbonyl (C=O) groups is 2. The summed E-state index contributed by atoms with van der Waals surface area (Å²) < 4.78 is 0. The Labute approximate surface area is 206 Å². The molecule has 2 atom stereocenters. The predicted octanol–water partition coefficient (Wildman–Crippen LogP) is 6.01. The zero-order chi connectivity index (χ0) is 23.5. The highest BCUT2D eigenvalue weighted by Gasteiger charge is 2.26. The summed E-state index contributed by atoms with van der Waals surface area (Å²) in [7, 11) is 0. The SMILES string of the molecule is C[C@@H](Cc1ccc(Cl)c(Cl)c1)C(=O)NC1N=Cc2cc(Cl)c(-c3ccccc3)cc2NC1=O. The lowest BCUT2D eigenvalue weighted by atomic mass is 10.0. The molecule has 0 saturated heterocycles. The van der Waals surface area contributed by atoms with Gasteiger partial charge in [-0.25, -0.2) is 0 Å². The van der Waals surface area contributed by atoms with E-state index in [1.165, 1.54) is 0 Å². The topological polar surface area (TPSA) is 70.6 Å². The molecule has 0 fully saturated rings. The first-order chi connectivity index (χ1) is 15.8. The van der Waals surface area contributed by atoms with Crippen LogP contribution in [0.4, 0.5) is 5.69 Å². The molecule has 0 spiro atoms. The van der Waals surface area contributed by atoms with Crippen LogP contribution < -0.4 is 10.6 Å². The van der Waals surface area contributed by atoms with Gasteiger partial charge in [0.2, 0.25) is 12.1 Å². The van der Waals surface area contributed by atoms with Gasteiger partial charge in [-0.3, -0.25) is 14.6 Å². The number of hydrogen-bond acceptors (Lipinski definition) is 3. The summed E-state index contributed by atoms with van der Waals surface area (Å²) in [5, 5.41) is 6.98. The number of hydrogen-bond donors (Lipinski definition) is 2. The average Bonchev–Trinajstić information content (AvgIpc) is 2.94. The maximum absolute atomic E-state index is 12.8. The van der Waals surface area contributed by atoms with Gasteiger partial charge in [0, 0.05) is 28.3 Å². The summed E-state index contributed by atoms with van der Waals surface area (Å²) in [5.74, 6) is -1.14. The standard InChI is InChI=1S/C25H20Cl3N3O2/c1-14(9-15-7-8-19(26)21(28)10-15)24(32)31-23-25(33)30-22-12-18(16-5-3-2-4-6-16)20(27)11-17(22)13-29-23/h2-8,10-14,23H,9H2,1H3,(H,30,33)(H,31,32)/t14-,23?/m0/s1. The number of anilines is 1. The van der Waals surface area contributed by atoms with Gasteiger partial charge >= 0.3 is 0 Å². The maximum Gasteiger partial charge on any atom is 0.269 e. The van der Waals surface area contributed by atoms with Gasteiger partial charge in [0.05, 0.1) is 15.7 Å². The molecule has 1 aliphatic rings. The molecule has 2 amide bonds. The number of fused-ring (bicyclic) bond motifs is 1.